The molecule has 1 unspecified atom stereocenters. The Bertz CT molecular complexity index is 633. The molecule has 0 bridgehead atoms. The first-order valence-electron chi connectivity index (χ1n) is 7.17. The summed E-state index contributed by atoms with van der Waals surface area (Å²) in [4.78, 5) is 23.0. The third kappa shape index (κ3) is 4.48. The van der Waals surface area contributed by atoms with Gasteiger partial charge in [-0.2, -0.15) is 0 Å². The molecule has 0 aliphatic carbocycles. The predicted octanol–water partition coefficient (Wildman–Crippen LogP) is 2.79. The van der Waals surface area contributed by atoms with Gasteiger partial charge in [0.2, 0.25) is 0 Å². The molecule has 1 amide bonds. The van der Waals surface area contributed by atoms with E-state index in [-0.39, 0.29) is 24.1 Å². The zero-order valence-electron chi connectivity index (χ0n) is 12.4. The van der Waals surface area contributed by atoms with Crippen LogP contribution >= 0.6 is 0 Å². The fourth-order valence-corrected chi connectivity index (χ4v) is 2.28. The Labute approximate surface area is 129 Å². The number of aryl methyl sites for hydroxylation is 1. The van der Waals surface area contributed by atoms with Crippen molar-refractivity contribution in [1.82, 2.24) is 5.32 Å². The molecule has 5 nitrogen and oxygen atoms in total. The van der Waals surface area contributed by atoms with E-state index in [2.05, 4.69) is 5.32 Å². The highest BCUT2D eigenvalue weighted by Gasteiger charge is 2.19. The number of hydrogen-bond donors (Lipinski definition) is 2. The largest absolute Gasteiger partial charge is 0.481 e. The molecule has 2 N–H and O–H groups in total. The number of carboxylic acids is 1. The third-order valence-corrected chi connectivity index (χ3v) is 3.44. The zero-order chi connectivity index (χ0) is 15.9. The van der Waals surface area contributed by atoms with Crippen LogP contribution < -0.4 is 5.32 Å². The van der Waals surface area contributed by atoms with Crippen LogP contribution in [-0.4, -0.2) is 23.0 Å². The summed E-state index contributed by atoms with van der Waals surface area (Å²) in [5.74, 6) is -0.913. The lowest BCUT2D eigenvalue weighted by Crippen LogP contribution is -2.37. The summed E-state index contributed by atoms with van der Waals surface area (Å²) >= 11 is 0. The second-order valence-corrected chi connectivity index (χ2v) is 5.23. The number of amides is 1. The lowest BCUT2D eigenvalue weighted by Gasteiger charge is -2.17. The van der Waals surface area contributed by atoms with Gasteiger partial charge in [-0.15, -0.1) is 0 Å². The first kappa shape index (κ1) is 15.8. The Morgan fingerprint density at radius 2 is 1.95 bits per heavy atom. The fraction of sp³-hybridized carbons (Fsp3) is 0.294. The first-order chi connectivity index (χ1) is 10.6. The normalized spacial score (nSPS) is 11.9. The molecule has 0 fully saturated rings. The summed E-state index contributed by atoms with van der Waals surface area (Å²) in [5, 5.41) is 11.7. The SMILES string of the molecule is Cc1ccoc1C(=O)NC(CCC(=O)O)Cc1ccccc1. The number of aliphatic carboxylic acids is 1. The van der Waals surface area contributed by atoms with Crippen molar-refractivity contribution in [2.75, 3.05) is 0 Å². The van der Waals surface area contributed by atoms with Crippen LogP contribution in [0.2, 0.25) is 0 Å². The molecule has 0 spiro atoms. The van der Waals surface area contributed by atoms with Gasteiger partial charge in [-0.25, -0.2) is 0 Å². The van der Waals surface area contributed by atoms with Crippen molar-refractivity contribution in [3.63, 3.8) is 0 Å². The van der Waals surface area contributed by atoms with Crippen molar-refractivity contribution in [2.24, 2.45) is 0 Å². The van der Waals surface area contributed by atoms with Crippen LogP contribution in [0.1, 0.15) is 34.5 Å². The molecule has 1 aromatic heterocycles. The highest BCUT2D eigenvalue weighted by atomic mass is 16.4. The molecule has 2 rings (SSSR count). The number of furan rings is 1. The van der Waals surface area contributed by atoms with Gasteiger partial charge in [-0.05, 0) is 31.4 Å². The second-order valence-electron chi connectivity index (χ2n) is 5.23. The molecule has 5 heteroatoms. The van der Waals surface area contributed by atoms with Gasteiger partial charge >= 0.3 is 5.97 Å². The van der Waals surface area contributed by atoms with Crippen LogP contribution in [0, 0.1) is 6.92 Å². The third-order valence-electron chi connectivity index (χ3n) is 3.44. The minimum Gasteiger partial charge on any atom is -0.481 e. The van der Waals surface area contributed by atoms with Gasteiger partial charge in [-0.1, -0.05) is 30.3 Å². The van der Waals surface area contributed by atoms with Gasteiger partial charge in [0.1, 0.15) is 0 Å². The predicted molar refractivity (Wildman–Crippen MR) is 81.7 cm³/mol. The zero-order valence-corrected chi connectivity index (χ0v) is 12.4. The maximum atomic E-state index is 12.2. The topological polar surface area (TPSA) is 79.5 Å². The average molecular weight is 301 g/mol. The smallest absolute Gasteiger partial charge is 0.303 e. The van der Waals surface area contributed by atoms with Crippen molar-refractivity contribution >= 4 is 11.9 Å². The summed E-state index contributed by atoms with van der Waals surface area (Å²) in [6, 6.07) is 11.1. The molecule has 0 aliphatic heterocycles. The summed E-state index contributed by atoms with van der Waals surface area (Å²) in [6.45, 7) is 1.79. The molecule has 0 saturated carbocycles. The summed E-state index contributed by atoms with van der Waals surface area (Å²) in [6.07, 6.45) is 2.43. The summed E-state index contributed by atoms with van der Waals surface area (Å²) in [7, 11) is 0. The number of rotatable bonds is 7. The minimum absolute atomic E-state index is 0.00885. The number of carbonyl (C=O) groups is 2. The van der Waals surface area contributed by atoms with Crippen molar-refractivity contribution in [3.05, 3.63) is 59.5 Å². The van der Waals surface area contributed by atoms with Crippen LogP contribution in [-0.2, 0) is 11.2 Å². The molecule has 0 radical (unpaired) electrons. The molecular weight excluding hydrogens is 282 g/mol. The Kier molecular flexibility index (Phi) is 5.36. The van der Waals surface area contributed by atoms with Gasteiger partial charge in [-0.3, -0.25) is 9.59 Å². The van der Waals surface area contributed by atoms with Crippen molar-refractivity contribution in [1.29, 1.82) is 0 Å². The van der Waals surface area contributed by atoms with Crippen molar-refractivity contribution in [2.45, 2.75) is 32.2 Å². The Hall–Kier alpha value is -2.56. The van der Waals surface area contributed by atoms with Crippen LogP contribution in [0.5, 0.6) is 0 Å². The standard InChI is InChI=1S/C17H19NO4/c1-12-9-10-22-16(12)17(21)18-14(7-8-15(19)20)11-13-5-3-2-4-6-13/h2-6,9-10,14H,7-8,11H2,1H3,(H,18,21)(H,19,20). The van der Waals surface area contributed by atoms with E-state index in [0.29, 0.717) is 12.8 Å². The minimum atomic E-state index is -0.874. The lowest BCUT2D eigenvalue weighted by molar-refractivity contribution is -0.137. The molecule has 1 atom stereocenters. The van der Waals surface area contributed by atoms with E-state index in [0.717, 1.165) is 11.1 Å². The lowest BCUT2D eigenvalue weighted by atomic mass is 10.0. The molecule has 0 saturated heterocycles. The summed E-state index contributed by atoms with van der Waals surface area (Å²) in [5.41, 5.74) is 1.81. The second kappa shape index (κ2) is 7.45. The van der Waals surface area contributed by atoms with Crippen LogP contribution in [0.4, 0.5) is 0 Å². The monoisotopic (exact) mass is 301 g/mol. The number of carboxylic acid groups (broad SMARTS) is 1. The average Bonchev–Trinajstić information content (AvgIpc) is 2.92. The molecule has 0 aliphatic rings. The number of benzene rings is 1. The van der Waals surface area contributed by atoms with Crippen LogP contribution in [0.25, 0.3) is 0 Å². The van der Waals surface area contributed by atoms with Crippen molar-refractivity contribution in [3.8, 4) is 0 Å². The van der Waals surface area contributed by atoms with E-state index >= 15 is 0 Å². The maximum Gasteiger partial charge on any atom is 0.303 e. The first-order valence-corrected chi connectivity index (χ1v) is 7.17. The maximum absolute atomic E-state index is 12.2. The van der Waals surface area contributed by atoms with E-state index in [1.165, 1.54) is 6.26 Å². The van der Waals surface area contributed by atoms with Crippen molar-refractivity contribution < 1.29 is 19.1 Å². The van der Waals surface area contributed by atoms with E-state index in [9.17, 15) is 9.59 Å². The van der Waals surface area contributed by atoms with Crippen LogP contribution in [0.15, 0.2) is 47.1 Å². The number of hydrogen-bond acceptors (Lipinski definition) is 3. The Balaban J connectivity index is 2.05. The van der Waals surface area contributed by atoms with Gasteiger partial charge in [0.25, 0.3) is 5.91 Å². The number of nitrogens with one attached hydrogen (secondary N) is 1. The van der Waals surface area contributed by atoms with E-state index in [1.807, 2.05) is 30.3 Å². The molecule has 1 aromatic carbocycles. The molecular formula is C17H19NO4. The number of carbonyl (C=O) groups excluding carboxylic acids is 1. The van der Waals surface area contributed by atoms with Gasteiger partial charge < -0.3 is 14.8 Å². The molecule has 22 heavy (non-hydrogen) atoms. The molecule has 116 valence electrons. The quantitative estimate of drug-likeness (QED) is 0.824. The van der Waals surface area contributed by atoms with Crippen LogP contribution in [0.3, 0.4) is 0 Å². The highest BCUT2D eigenvalue weighted by molar-refractivity contribution is 5.93. The van der Waals surface area contributed by atoms with Gasteiger partial charge in [0.15, 0.2) is 5.76 Å². The van der Waals surface area contributed by atoms with E-state index < -0.39 is 5.97 Å². The molecule has 2 aromatic rings. The van der Waals surface area contributed by atoms with E-state index in [1.54, 1.807) is 13.0 Å². The summed E-state index contributed by atoms with van der Waals surface area (Å²) < 4.78 is 5.17. The van der Waals surface area contributed by atoms with Gasteiger partial charge in [0.05, 0.1) is 6.26 Å². The Morgan fingerprint density at radius 3 is 2.55 bits per heavy atom. The van der Waals surface area contributed by atoms with Gasteiger partial charge in [0, 0.05) is 18.0 Å². The fourth-order valence-electron chi connectivity index (χ4n) is 2.28. The van der Waals surface area contributed by atoms with E-state index in [4.69, 9.17) is 9.52 Å². The molecule has 1 heterocycles. The highest BCUT2D eigenvalue weighted by Crippen LogP contribution is 2.12. The Morgan fingerprint density at radius 1 is 1.23 bits per heavy atom.